The molecule has 0 spiro atoms. The first-order chi connectivity index (χ1) is 11.6. The van der Waals surface area contributed by atoms with Crippen molar-refractivity contribution in [2.45, 2.75) is 0 Å². The van der Waals surface area contributed by atoms with Crippen LogP contribution in [0.3, 0.4) is 0 Å². The van der Waals surface area contributed by atoms with Crippen LogP contribution in [0.1, 0.15) is 0 Å². The maximum absolute atomic E-state index is 10.8. The fourth-order valence-electron chi connectivity index (χ4n) is 2.58. The fraction of sp³-hybridized carbons (Fsp3) is 0. The molecule has 4 rings (SSSR count). The summed E-state index contributed by atoms with van der Waals surface area (Å²) in [5.41, 5.74) is 10.3. The fourth-order valence-corrected chi connectivity index (χ4v) is 3.46. The molecular weight excluding hydrogens is 324 g/mol. The van der Waals surface area contributed by atoms with Crippen LogP contribution in [-0.2, 0) is 0 Å². The van der Waals surface area contributed by atoms with Gasteiger partial charge in [0.2, 0.25) is 0 Å². The number of benzene rings is 2. The lowest BCUT2D eigenvalue weighted by Crippen LogP contribution is -1.88. The number of nitrogen functional groups attached to an aromatic ring is 1. The lowest BCUT2D eigenvalue weighted by molar-refractivity contribution is -0.384. The molecule has 0 saturated carbocycles. The van der Waals surface area contributed by atoms with E-state index in [2.05, 4.69) is 4.98 Å². The Morgan fingerprint density at radius 3 is 2.62 bits per heavy atom. The summed E-state index contributed by atoms with van der Waals surface area (Å²) >= 11 is 1.53. The molecule has 0 atom stereocenters. The highest BCUT2D eigenvalue weighted by Crippen LogP contribution is 2.30. The molecule has 24 heavy (non-hydrogen) atoms. The number of nitro groups is 1. The van der Waals surface area contributed by atoms with Crippen molar-refractivity contribution >= 4 is 27.7 Å². The molecule has 2 aromatic carbocycles. The van der Waals surface area contributed by atoms with Crippen LogP contribution in [0, 0.1) is 10.1 Å². The average Bonchev–Trinajstić information content (AvgIpc) is 3.15. The van der Waals surface area contributed by atoms with Gasteiger partial charge in [-0.05, 0) is 29.8 Å². The Morgan fingerprint density at radius 1 is 1.12 bits per heavy atom. The minimum Gasteiger partial charge on any atom is -0.399 e. The predicted octanol–water partition coefficient (Wildman–Crippen LogP) is 4.22. The number of aromatic nitrogens is 2. The standard InChI is InChI=1S/C17H12N4O2S/c18-13-3-1-2-12(8-13)15-9-20-16(10-24-17(20)19-15)11-4-6-14(7-5-11)21(22)23/h1-10H,18H2. The van der Waals surface area contributed by atoms with Gasteiger partial charge in [0.1, 0.15) is 0 Å². The largest absolute Gasteiger partial charge is 0.399 e. The highest BCUT2D eigenvalue weighted by molar-refractivity contribution is 7.15. The van der Waals surface area contributed by atoms with Crippen molar-refractivity contribution in [1.29, 1.82) is 0 Å². The summed E-state index contributed by atoms with van der Waals surface area (Å²) in [6.45, 7) is 0. The van der Waals surface area contributed by atoms with Crippen molar-refractivity contribution < 1.29 is 4.92 Å². The van der Waals surface area contributed by atoms with Gasteiger partial charge in [0, 0.05) is 35.0 Å². The first-order valence-electron chi connectivity index (χ1n) is 7.19. The molecule has 6 nitrogen and oxygen atoms in total. The van der Waals surface area contributed by atoms with Crippen molar-refractivity contribution in [3.63, 3.8) is 0 Å². The van der Waals surface area contributed by atoms with E-state index in [1.54, 1.807) is 12.1 Å². The van der Waals surface area contributed by atoms with Crippen molar-refractivity contribution in [3.8, 4) is 22.5 Å². The van der Waals surface area contributed by atoms with Crippen molar-refractivity contribution in [2.75, 3.05) is 5.73 Å². The van der Waals surface area contributed by atoms with E-state index in [9.17, 15) is 10.1 Å². The van der Waals surface area contributed by atoms with E-state index < -0.39 is 4.92 Å². The zero-order valence-electron chi connectivity index (χ0n) is 12.4. The Kier molecular flexibility index (Phi) is 3.28. The van der Waals surface area contributed by atoms with Crippen molar-refractivity contribution in [3.05, 3.63) is 70.2 Å². The van der Waals surface area contributed by atoms with Crippen LogP contribution < -0.4 is 5.73 Å². The van der Waals surface area contributed by atoms with E-state index in [-0.39, 0.29) is 5.69 Å². The molecule has 0 aliphatic rings. The number of hydrogen-bond acceptors (Lipinski definition) is 5. The molecule has 118 valence electrons. The van der Waals surface area contributed by atoms with Crippen LogP contribution in [0.15, 0.2) is 60.1 Å². The number of thiazole rings is 1. The van der Waals surface area contributed by atoms with Gasteiger partial charge in [-0.15, -0.1) is 11.3 Å². The second-order valence-corrected chi connectivity index (χ2v) is 6.17. The molecule has 0 fully saturated rings. The van der Waals surface area contributed by atoms with Crippen LogP contribution in [0.5, 0.6) is 0 Å². The normalized spacial score (nSPS) is 11.0. The van der Waals surface area contributed by atoms with Crippen LogP contribution in [0.4, 0.5) is 11.4 Å². The smallest absolute Gasteiger partial charge is 0.269 e. The van der Waals surface area contributed by atoms with Crippen LogP contribution in [0.2, 0.25) is 0 Å². The van der Waals surface area contributed by atoms with Crippen LogP contribution in [0.25, 0.3) is 27.5 Å². The summed E-state index contributed by atoms with van der Waals surface area (Å²) in [5, 5.41) is 12.8. The van der Waals surface area contributed by atoms with E-state index in [0.29, 0.717) is 5.69 Å². The summed E-state index contributed by atoms with van der Waals surface area (Å²) in [5.74, 6) is 0. The zero-order chi connectivity index (χ0) is 16.7. The third-order valence-electron chi connectivity index (χ3n) is 3.77. The first kappa shape index (κ1) is 14.4. The van der Waals surface area contributed by atoms with E-state index in [4.69, 9.17) is 5.73 Å². The Hall–Kier alpha value is -3.19. The molecule has 0 aliphatic heterocycles. The molecular formula is C17H12N4O2S. The first-order valence-corrected chi connectivity index (χ1v) is 8.07. The quantitative estimate of drug-likeness (QED) is 0.345. The number of rotatable bonds is 3. The van der Waals surface area contributed by atoms with E-state index >= 15 is 0 Å². The van der Waals surface area contributed by atoms with Crippen LogP contribution >= 0.6 is 11.3 Å². The summed E-state index contributed by atoms with van der Waals surface area (Å²) in [4.78, 5) is 15.9. The van der Waals surface area contributed by atoms with E-state index in [0.717, 1.165) is 27.5 Å². The van der Waals surface area contributed by atoms with Gasteiger partial charge in [0.25, 0.3) is 5.69 Å². The number of nitrogens with two attached hydrogens (primary N) is 1. The molecule has 0 amide bonds. The number of imidazole rings is 1. The van der Waals surface area contributed by atoms with Gasteiger partial charge in [-0.2, -0.15) is 0 Å². The van der Waals surface area contributed by atoms with Gasteiger partial charge < -0.3 is 5.73 Å². The van der Waals surface area contributed by atoms with Crippen LogP contribution in [-0.4, -0.2) is 14.3 Å². The number of nitrogens with zero attached hydrogens (tertiary/aromatic N) is 3. The van der Waals surface area contributed by atoms with Gasteiger partial charge in [0.15, 0.2) is 4.96 Å². The Labute approximate surface area is 141 Å². The molecule has 2 N–H and O–H groups in total. The lowest BCUT2D eigenvalue weighted by Gasteiger charge is -2.00. The molecule has 2 heterocycles. The summed E-state index contributed by atoms with van der Waals surface area (Å²) in [6, 6.07) is 14.1. The highest BCUT2D eigenvalue weighted by Gasteiger charge is 2.12. The number of nitro benzene ring substituents is 1. The van der Waals surface area contributed by atoms with Gasteiger partial charge in [-0.1, -0.05) is 12.1 Å². The molecule has 0 radical (unpaired) electrons. The lowest BCUT2D eigenvalue weighted by atomic mass is 10.1. The second kappa shape index (κ2) is 5.47. The SMILES string of the molecule is Nc1cccc(-c2cn3c(-c4ccc([N+](=O)[O-])cc4)csc3n2)c1. The number of fused-ring (bicyclic) bond motifs is 1. The molecule has 0 unspecified atom stereocenters. The van der Waals surface area contributed by atoms with Gasteiger partial charge >= 0.3 is 0 Å². The van der Waals surface area contributed by atoms with Gasteiger partial charge in [0.05, 0.1) is 16.3 Å². The highest BCUT2D eigenvalue weighted by atomic mass is 32.1. The maximum atomic E-state index is 10.8. The monoisotopic (exact) mass is 336 g/mol. The zero-order valence-corrected chi connectivity index (χ0v) is 13.2. The Balaban J connectivity index is 1.78. The summed E-state index contributed by atoms with van der Waals surface area (Å²) in [7, 11) is 0. The Morgan fingerprint density at radius 2 is 1.92 bits per heavy atom. The van der Waals surface area contributed by atoms with Gasteiger partial charge in [-0.25, -0.2) is 4.98 Å². The third kappa shape index (κ3) is 2.40. The van der Waals surface area contributed by atoms with E-state index in [1.165, 1.54) is 23.5 Å². The van der Waals surface area contributed by atoms with Crippen molar-refractivity contribution in [1.82, 2.24) is 9.38 Å². The third-order valence-corrected chi connectivity index (χ3v) is 4.61. The molecule has 2 aromatic heterocycles. The molecule has 7 heteroatoms. The van der Waals surface area contributed by atoms with Gasteiger partial charge in [-0.3, -0.25) is 14.5 Å². The molecule has 4 aromatic rings. The second-order valence-electron chi connectivity index (χ2n) is 5.33. The minimum absolute atomic E-state index is 0.0799. The molecule has 0 bridgehead atoms. The molecule has 0 aliphatic carbocycles. The summed E-state index contributed by atoms with van der Waals surface area (Å²) in [6.07, 6.45) is 1.96. The number of non-ortho nitro benzene ring substituents is 1. The maximum Gasteiger partial charge on any atom is 0.269 e. The molecule has 0 saturated heterocycles. The summed E-state index contributed by atoms with van der Waals surface area (Å²) < 4.78 is 1.99. The van der Waals surface area contributed by atoms with E-state index in [1.807, 2.05) is 40.2 Å². The van der Waals surface area contributed by atoms with Crippen molar-refractivity contribution in [2.24, 2.45) is 0 Å². The predicted molar refractivity (Wildman–Crippen MR) is 95.0 cm³/mol. The minimum atomic E-state index is -0.401. The Bertz CT molecular complexity index is 1050. The average molecular weight is 336 g/mol. The topological polar surface area (TPSA) is 86.5 Å². The number of hydrogen-bond donors (Lipinski definition) is 1. The number of anilines is 1.